The normalized spacial score (nSPS) is 20.3. The molecule has 1 saturated heterocycles. The van der Waals surface area contributed by atoms with Gasteiger partial charge >= 0.3 is 12.1 Å². The molecule has 2 aliphatic rings. The number of carboxylic acid groups (broad SMARTS) is 1. The Bertz CT molecular complexity index is 594. The van der Waals surface area contributed by atoms with E-state index in [4.69, 9.17) is 14.6 Å². The summed E-state index contributed by atoms with van der Waals surface area (Å²) in [5, 5.41) is 8.99. The van der Waals surface area contributed by atoms with E-state index >= 15 is 0 Å². The number of nitrogens with zero attached hydrogens (tertiary/aromatic N) is 1. The smallest absolute Gasteiger partial charge is 0.397 e. The summed E-state index contributed by atoms with van der Waals surface area (Å²) in [6, 6.07) is 1.39. The third-order valence-corrected chi connectivity index (χ3v) is 4.14. The van der Waals surface area contributed by atoms with E-state index in [1.165, 1.54) is 6.07 Å². The van der Waals surface area contributed by atoms with Gasteiger partial charge in [0.05, 0.1) is 18.8 Å². The van der Waals surface area contributed by atoms with Crippen molar-refractivity contribution in [2.75, 3.05) is 19.8 Å². The van der Waals surface area contributed by atoms with Crippen LogP contribution in [0.5, 0.6) is 5.88 Å². The SMILES string of the molecule is O=C(O)c1cnc(OCC2(C(F)(F)F)CC2)c(C2COC2)c1. The van der Waals surface area contributed by atoms with Crippen LogP contribution in [0.25, 0.3) is 0 Å². The highest BCUT2D eigenvalue weighted by Gasteiger charge is 2.64. The standard InChI is InChI=1S/C14H14F3NO4/c15-14(16,17)13(1-2-13)7-22-11-10(9-5-21-6-9)3-8(4-18-11)12(19)20/h3-4,9H,1-2,5-7H2,(H,19,20). The van der Waals surface area contributed by atoms with Crippen molar-refractivity contribution in [1.82, 2.24) is 4.98 Å². The van der Waals surface area contributed by atoms with Gasteiger partial charge in [-0.2, -0.15) is 13.2 Å². The van der Waals surface area contributed by atoms with Crippen molar-refractivity contribution < 1.29 is 32.5 Å². The molecule has 2 fully saturated rings. The Balaban J connectivity index is 1.79. The number of pyridine rings is 1. The summed E-state index contributed by atoms with van der Waals surface area (Å²) in [5.41, 5.74) is -1.32. The lowest BCUT2D eigenvalue weighted by atomic mass is 9.97. The van der Waals surface area contributed by atoms with Crippen LogP contribution < -0.4 is 4.74 Å². The Labute approximate surface area is 124 Å². The molecule has 1 saturated carbocycles. The van der Waals surface area contributed by atoms with Gasteiger partial charge in [0.2, 0.25) is 5.88 Å². The molecule has 120 valence electrons. The van der Waals surface area contributed by atoms with Crippen LogP contribution in [0.4, 0.5) is 13.2 Å². The molecule has 0 spiro atoms. The second-order valence-corrected chi connectivity index (χ2v) is 5.72. The molecular weight excluding hydrogens is 303 g/mol. The summed E-state index contributed by atoms with van der Waals surface area (Å²) in [7, 11) is 0. The number of halogens is 3. The number of carboxylic acids is 1. The molecular formula is C14H14F3NO4. The molecule has 1 N–H and O–H groups in total. The van der Waals surface area contributed by atoms with Gasteiger partial charge in [-0.05, 0) is 18.9 Å². The van der Waals surface area contributed by atoms with Gasteiger partial charge in [0.15, 0.2) is 0 Å². The first-order valence-electron chi connectivity index (χ1n) is 6.83. The van der Waals surface area contributed by atoms with Crippen molar-refractivity contribution in [3.05, 3.63) is 23.4 Å². The minimum Gasteiger partial charge on any atom is -0.478 e. The lowest BCUT2D eigenvalue weighted by Crippen LogP contribution is -2.31. The number of ether oxygens (including phenoxy) is 2. The molecule has 22 heavy (non-hydrogen) atoms. The Morgan fingerprint density at radius 1 is 1.45 bits per heavy atom. The van der Waals surface area contributed by atoms with Crippen LogP contribution in [0.1, 0.15) is 34.7 Å². The maximum Gasteiger partial charge on any atom is 0.397 e. The first kappa shape index (κ1) is 15.1. The van der Waals surface area contributed by atoms with Gasteiger partial charge in [0.25, 0.3) is 0 Å². The van der Waals surface area contributed by atoms with Gasteiger partial charge in [-0.15, -0.1) is 0 Å². The molecule has 5 nitrogen and oxygen atoms in total. The highest BCUT2D eigenvalue weighted by molar-refractivity contribution is 5.87. The predicted molar refractivity (Wildman–Crippen MR) is 68.0 cm³/mol. The molecule has 3 rings (SSSR count). The number of aromatic nitrogens is 1. The molecule has 0 amide bonds. The van der Waals surface area contributed by atoms with Crippen LogP contribution >= 0.6 is 0 Å². The first-order chi connectivity index (χ1) is 10.3. The van der Waals surface area contributed by atoms with Crippen LogP contribution in [0.15, 0.2) is 12.3 Å². The van der Waals surface area contributed by atoms with Crippen LogP contribution in [0.2, 0.25) is 0 Å². The van der Waals surface area contributed by atoms with E-state index in [1.807, 2.05) is 0 Å². The van der Waals surface area contributed by atoms with E-state index in [-0.39, 0.29) is 30.2 Å². The average Bonchev–Trinajstić information content (AvgIpc) is 3.15. The summed E-state index contributed by atoms with van der Waals surface area (Å²) in [6.07, 6.45) is -3.11. The second kappa shape index (κ2) is 5.12. The van der Waals surface area contributed by atoms with Gasteiger partial charge in [0.1, 0.15) is 12.0 Å². The van der Waals surface area contributed by atoms with Gasteiger partial charge in [-0.1, -0.05) is 0 Å². The second-order valence-electron chi connectivity index (χ2n) is 5.72. The maximum absolute atomic E-state index is 12.9. The Morgan fingerprint density at radius 3 is 2.59 bits per heavy atom. The topological polar surface area (TPSA) is 68.7 Å². The number of hydrogen-bond donors (Lipinski definition) is 1. The van der Waals surface area contributed by atoms with Crippen LogP contribution in [-0.4, -0.2) is 42.1 Å². The van der Waals surface area contributed by atoms with Crippen molar-refractivity contribution in [1.29, 1.82) is 0 Å². The molecule has 1 aliphatic heterocycles. The lowest BCUT2D eigenvalue weighted by Gasteiger charge is -2.28. The van der Waals surface area contributed by atoms with Crippen LogP contribution in [0, 0.1) is 5.41 Å². The van der Waals surface area contributed by atoms with Crippen molar-refractivity contribution in [2.45, 2.75) is 24.9 Å². The summed E-state index contributed by atoms with van der Waals surface area (Å²) >= 11 is 0. The average molecular weight is 317 g/mol. The molecule has 0 unspecified atom stereocenters. The quantitative estimate of drug-likeness (QED) is 0.904. The van der Waals surface area contributed by atoms with E-state index in [0.717, 1.165) is 6.20 Å². The summed E-state index contributed by atoms with van der Waals surface area (Å²) < 4.78 is 49.1. The lowest BCUT2D eigenvalue weighted by molar-refractivity contribution is -0.194. The molecule has 2 heterocycles. The predicted octanol–water partition coefficient (Wildman–Crippen LogP) is 2.61. The molecule has 0 bridgehead atoms. The first-order valence-corrected chi connectivity index (χ1v) is 6.83. The zero-order valence-corrected chi connectivity index (χ0v) is 11.5. The van der Waals surface area contributed by atoms with Crippen LogP contribution in [0.3, 0.4) is 0 Å². The van der Waals surface area contributed by atoms with Crippen molar-refractivity contribution >= 4 is 5.97 Å². The molecule has 8 heteroatoms. The largest absolute Gasteiger partial charge is 0.478 e. The summed E-state index contributed by atoms with van der Waals surface area (Å²) in [5.74, 6) is -1.17. The van der Waals surface area contributed by atoms with Crippen LogP contribution in [-0.2, 0) is 4.74 Å². The van der Waals surface area contributed by atoms with Crippen molar-refractivity contribution in [3.63, 3.8) is 0 Å². The van der Waals surface area contributed by atoms with E-state index in [0.29, 0.717) is 18.8 Å². The molecule has 0 aromatic carbocycles. The van der Waals surface area contributed by atoms with E-state index < -0.39 is 24.2 Å². The van der Waals surface area contributed by atoms with Gasteiger partial charge in [-0.3, -0.25) is 0 Å². The Morgan fingerprint density at radius 2 is 2.14 bits per heavy atom. The number of alkyl halides is 3. The number of carbonyl (C=O) groups is 1. The highest BCUT2D eigenvalue weighted by Crippen LogP contribution is 2.57. The molecule has 1 aromatic heterocycles. The number of rotatable bonds is 5. The third kappa shape index (κ3) is 2.63. The number of hydrogen-bond acceptors (Lipinski definition) is 4. The minimum absolute atomic E-state index is 0.0220. The Kier molecular flexibility index (Phi) is 3.51. The molecule has 1 aliphatic carbocycles. The van der Waals surface area contributed by atoms with E-state index in [9.17, 15) is 18.0 Å². The number of aromatic carboxylic acids is 1. The molecule has 1 aromatic rings. The van der Waals surface area contributed by atoms with Gasteiger partial charge in [-0.25, -0.2) is 9.78 Å². The van der Waals surface area contributed by atoms with Crippen molar-refractivity contribution in [2.24, 2.45) is 5.41 Å². The fourth-order valence-electron chi connectivity index (χ4n) is 2.28. The summed E-state index contributed by atoms with van der Waals surface area (Å²) in [6.45, 7) is 0.271. The minimum atomic E-state index is -4.30. The van der Waals surface area contributed by atoms with Gasteiger partial charge < -0.3 is 14.6 Å². The van der Waals surface area contributed by atoms with E-state index in [1.54, 1.807) is 0 Å². The zero-order chi connectivity index (χ0) is 16.0. The third-order valence-electron chi connectivity index (χ3n) is 4.14. The Hall–Kier alpha value is -1.83. The van der Waals surface area contributed by atoms with E-state index in [2.05, 4.69) is 4.98 Å². The summed E-state index contributed by atoms with van der Waals surface area (Å²) in [4.78, 5) is 14.9. The fraction of sp³-hybridized carbons (Fsp3) is 0.571. The fourth-order valence-corrected chi connectivity index (χ4v) is 2.28. The molecule has 0 radical (unpaired) electrons. The van der Waals surface area contributed by atoms with Crippen molar-refractivity contribution in [3.8, 4) is 5.88 Å². The highest BCUT2D eigenvalue weighted by atomic mass is 19.4. The van der Waals surface area contributed by atoms with Gasteiger partial charge in [0, 0.05) is 17.7 Å². The maximum atomic E-state index is 12.9. The monoisotopic (exact) mass is 317 g/mol. The zero-order valence-electron chi connectivity index (χ0n) is 11.5. The molecule has 0 atom stereocenters.